The molecule has 0 aliphatic rings. The van der Waals surface area contributed by atoms with Gasteiger partial charge in [0.2, 0.25) is 0 Å². The van der Waals surface area contributed by atoms with Crippen molar-refractivity contribution in [3.8, 4) is 11.5 Å². The van der Waals surface area contributed by atoms with Crippen molar-refractivity contribution in [2.75, 3.05) is 7.11 Å². The van der Waals surface area contributed by atoms with E-state index >= 15 is 0 Å². The zero-order valence-corrected chi connectivity index (χ0v) is 11.6. The van der Waals surface area contributed by atoms with E-state index in [0.29, 0.717) is 23.6 Å². The quantitative estimate of drug-likeness (QED) is 0.652. The number of nitro groups is 1. The standard InChI is InChI=1S/C15H16N2O4/c1-20-13-7-6-11(9-16)15(8-13)21-10-12-4-2-3-5-14(12)17(18)19/h2-8H,9-10,16H2,1H3. The Labute approximate surface area is 122 Å². The molecule has 0 atom stereocenters. The molecule has 0 aliphatic heterocycles. The Morgan fingerprint density at radius 1 is 1.19 bits per heavy atom. The third-order valence-corrected chi connectivity index (χ3v) is 3.07. The minimum Gasteiger partial charge on any atom is -0.497 e. The monoisotopic (exact) mass is 288 g/mol. The third kappa shape index (κ3) is 3.49. The summed E-state index contributed by atoms with van der Waals surface area (Å²) in [4.78, 5) is 10.5. The van der Waals surface area contributed by atoms with Crippen LogP contribution >= 0.6 is 0 Å². The van der Waals surface area contributed by atoms with E-state index in [2.05, 4.69) is 0 Å². The molecule has 110 valence electrons. The fraction of sp³-hybridized carbons (Fsp3) is 0.200. The van der Waals surface area contributed by atoms with Crippen LogP contribution in [0.2, 0.25) is 0 Å². The van der Waals surface area contributed by atoms with Gasteiger partial charge in [-0.1, -0.05) is 18.2 Å². The molecule has 0 fully saturated rings. The van der Waals surface area contributed by atoms with Crippen LogP contribution in [-0.2, 0) is 13.2 Å². The molecule has 21 heavy (non-hydrogen) atoms. The summed E-state index contributed by atoms with van der Waals surface area (Å²) >= 11 is 0. The molecule has 0 aliphatic carbocycles. The zero-order valence-electron chi connectivity index (χ0n) is 11.6. The van der Waals surface area contributed by atoms with Gasteiger partial charge in [-0.2, -0.15) is 0 Å². The molecular weight excluding hydrogens is 272 g/mol. The van der Waals surface area contributed by atoms with E-state index in [9.17, 15) is 10.1 Å². The van der Waals surface area contributed by atoms with Gasteiger partial charge in [0.15, 0.2) is 0 Å². The second-order valence-corrected chi connectivity index (χ2v) is 4.35. The maximum absolute atomic E-state index is 11.0. The minimum absolute atomic E-state index is 0.0368. The Kier molecular flexibility index (Phi) is 4.73. The number of methoxy groups -OCH3 is 1. The van der Waals surface area contributed by atoms with Crippen molar-refractivity contribution in [3.63, 3.8) is 0 Å². The lowest BCUT2D eigenvalue weighted by Gasteiger charge is -2.12. The van der Waals surface area contributed by atoms with Gasteiger partial charge in [0, 0.05) is 24.2 Å². The van der Waals surface area contributed by atoms with Crippen molar-refractivity contribution in [2.24, 2.45) is 5.73 Å². The number of nitro benzene ring substituents is 1. The predicted octanol–water partition coefficient (Wildman–Crippen LogP) is 2.64. The van der Waals surface area contributed by atoms with Gasteiger partial charge in [0.25, 0.3) is 5.69 Å². The van der Waals surface area contributed by atoms with E-state index in [0.717, 1.165) is 5.56 Å². The fourth-order valence-electron chi connectivity index (χ4n) is 1.93. The number of hydrogen-bond donors (Lipinski definition) is 1. The third-order valence-electron chi connectivity index (χ3n) is 3.07. The van der Waals surface area contributed by atoms with Crippen LogP contribution in [0.15, 0.2) is 42.5 Å². The topological polar surface area (TPSA) is 87.6 Å². The van der Waals surface area contributed by atoms with Gasteiger partial charge in [0.1, 0.15) is 18.1 Å². The van der Waals surface area contributed by atoms with Crippen molar-refractivity contribution in [1.29, 1.82) is 0 Å². The zero-order chi connectivity index (χ0) is 15.2. The number of nitrogens with two attached hydrogens (primary N) is 1. The van der Waals surface area contributed by atoms with E-state index in [-0.39, 0.29) is 12.3 Å². The maximum atomic E-state index is 11.0. The Morgan fingerprint density at radius 3 is 2.62 bits per heavy atom. The second-order valence-electron chi connectivity index (χ2n) is 4.35. The van der Waals surface area contributed by atoms with E-state index in [4.69, 9.17) is 15.2 Å². The van der Waals surface area contributed by atoms with Gasteiger partial charge in [-0.25, -0.2) is 0 Å². The average molecular weight is 288 g/mol. The van der Waals surface area contributed by atoms with Gasteiger partial charge in [-0.3, -0.25) is 10.1 Å². The normalized spacial score (nSPS) is 10.2. The summed E-state index contributed by atoms with van der Waals surface area (Å²) in [5.41, 5.74) is 7.02. The number of ether oxygens (including phenoxy) is 2. The highest BCUT2D eigenvalue weighted by atomic mass is 16.6. The van der Waals surface area contributed by atoms with Crippen LogP contribution in [0.1, 0.15) is 11.1 Å². The van der Waals surface area contributed by atoms with Crippen LogP contribution < -0.4 is 15.2 Å². The molecule has 0 saturated heterocycles. The van der Waals surface area contributed by atoms with Gasteiger partial charge in [-0.05, 0) is 12.1 Å². The first-order valence-electron chi connectivity index (χ1n) is 6.37. The molecule has 2 N–H and O–H groups in total. The maximum Gasteiger partial charge on any atom is 0.276 e. The Balaban J connectivity index is 2.22. The molecule has 0 radical (unpaired) electrons. The molecule has 2 aromatic carbocycles. The largest absolute Gasteiger partial charge is 0.497 e. The summed E-state index contributed by atoms with van der Waals surface area (Å²) in [5.74, 6) is 1.21. The van der Waals surface area contributed by atoms with Crippen molar-refractivity contribution in [2.45, 2.75) is 13.2 Å². The van der Waals surface area contributed by atoms with E-state index in [1.165, 1.54) is 6.07 Å². The van der Waals surface area contributed by atoms with Crippen molar-refractivity contribution in [1.82, 2.24) is 0 Å². The first kappa shape index (κ1) is 14.8. The predicted molar refractivity (Wildman–Crippen MR) is 78.3 cm³/mol. The molecule has 2 rings (SSSR count). The first-order chi connectivity index (χ1) is 10.2. The summed E-state index contributed by atoms with van der Waals surface area (Å²) in [7, 11) is 1.56. The lowest BCUT2D eigenvalue weighted by Crippen LogP contribution is -2.04. The fourth-order valence-corrected chi connectivity index (χ4v) is 1.93. The van der Waals surface area contributed by atoms with Gasteiger partial charge >= 0.3 is 0 Å². The molecular formula is C15H16N2O4. The summed E-state index contributed by atoms with van der Waals surface area (Å²) in [6.45, 7) is 0.410. The molecule has 0 spiro atoms. The number of rotatable bonds is 6. The van der Waals surface area contributed by atoms with Crippen molar-refractivity contribution < 1.29 is 14.4 Å². The van der Waals surface area contributed by atoms with E-state index in [1.807, 2.05) is 6.07 Å². The number of hydrogen-bond acceptors (Lipinski definition) is 5. The van der Waals surface area contributed by atoms with Gasteiger partial charge < -0.3 is 15.2 Å². The van der Waals surface area contributed by atoms with E-state index < -0.39 is 4.92 Å². The van der Waals surface area contributed by atoms with E-state index in [1.54, 1.807) is 37.4 Å². The molecule has 0 bridgehead atoms. The Bertz CT molecular complexity index is 643. The van der Waals surface area contributed by atoms with Crippen molar-refractivity contribution >= 4 is 5.69 Å². The highest BCUT2D eigenvalue weighted by Gasteiger charge is 2.13. The minimum atomic E-state index is -0.423. The summed E-state index contributed by atoms with van der Waals surface area (Å²) in [5, 5.41) is 11.0. The van der Waals surface area contributed by atoms with Crippen LogP contribution in [0.3, 0.4) is 0 Å². The van der Waals surface area contributed by atoms with Gasteiger partial charge in [0.05, 0.1) is 17.6 Å². The molecule has 0 unspecified atom stereocenters. The van der Waals surface area contributed by atoms with Crippen LogP contribution in [0.4, 0.5) is 5.69 Å². The number of para-hydroxylation sites is 1. The molecule has 0 saturated carbocycles. The molecule has 6 heteroatoms. The Morgan fingerprint density at radius 2 is 1.95 bits per heavy atom. The van der Waals surface area contributed by atoms with Crippen LogP contribution in [0.5, 0.6) is 11.5 Å². The van der Waals surface area contributed by atoms with Gasteiger partial charge in [-0.15, -0.1) is 0 Å². The first-order valence-corrected chi connectivity index (χ1v) is 6.37. The average Bonchev–Trinajstić information content (AvgIpc) is 2.52. The summed E-state index contributed by atoms with van der Waals surface area (Å²) in [6.07, 6.45) is 0. The van der Waals surface area contributed by atoms with Crippen LogP contribution in [0.25, 0.3) is 0 Å². The SMILES string of the molecule is COc1ccc(CN)c(OCc2ccccc2[N+](=O)[O-])c1. The van der Waals surface area contributed by atoms with Crippen molar-refractivity contribution in [3.05, 3.63) is 63.7 Å². The second kappa shape index (κ2) is 6.71. The summed E-state index contributed by atoms with van der Waals surface area (Å²) in [6, 6.07) is 11.8. The molecule has 0 heterocycles. The van der Waals surface area contributed by atoms with Crippen LogP contribution in [0, 0.1) is 10.1 Å². The smallest absolute Gasteiger partial charge is 0.276 e. The molecule has 6 nitrogen and oxygen atoms in total. The molecule has 0 aromatic heterocycles. The number of benzene rings is 2. The number of nitrogens with zero attached hydrogens (tertiary/aromatic N) is 1. The summed E-state index contributed by atoms with van der Waals surface area (Å²) < 4.78 is 10.8. The lowest BCUT2D eigenvalue weighted by molar-refractivity contribution is -0.385. The molecule has 0 amide bonds. The highest BCUT2D eigenvalue weighted by Crippen LogP contribution is 2.26. The molecule has 2 aromatic rings. The van der Waals surface area contributed by atoms with Crippen LogP contribution in [-0.4, -0.2) is 12.0 Å². The highest BCUT2D eigenvalue weighted by molar-refractivity contribution is 5.42. The Hall–Kier alpha value is -2.60. The lowest BCUT2D eigenvalue weighted by atomic mass is 10.1.